The first-order valence-electron chi connectivity index (χ1n) is 7.01. The summed E-state index contributed by atoms with van der Waals surface area (Å²) in [5.41, 5.74) is 2.33. The summed E-state index contributed by atoms with van der Waals surface area (Å²) in [5, 5.41) is 3.90. The zero-order valence-corrected chi connectivity index (χ0v) is 13.6. The van der Waals surface area contributed by atoms with Crippen molar-refractivity contribution in [2.24, 2.45) is 0 Å². The van der Waals surface area contributed by atoms with Crippen LogP contribution < -0.4 is 10.2 Å². The van der Waals surface area contributed by atoms with E-state index in [0.29, 0.717) is 5.92 Å². The molecule has 112 valence electrons. The van der Waals surface area contributed by atoms with Gasteiger partial charge in [-0.05, 0) is 23.6 Å². The predicted molar refractivity (Wildman–Crippen MR) is 89.2 cm³/mol. The van der Waals surface area contributed by atoms with Crippen molar-refractivity contribution in [2.75, 3.05) is 24.3 Å². The standard InChI is InChI=1S/C16H21ClN4/c1-11(2)14-15(18-3)19-10-20-16(14)21(4)9-12-5-7-13(17)8-6-12/h5-8,10-11H,9H2,1-4H3,(H,18,19,20). The summed E-state index contributed by atoms with van der Waals surface area (Å²) in [4.78, 5) is 10.9. The number of rotatable bonds is 5. The Bertz CT molecular complexity index is 596. The summed E-state index contributed by atoms with van der Waals surface area (Å²) in [5.74, 6) is 2.19. The summed E-state index contributed by atoms with van der Waals surface area (Å²) in [6.07, 6.45) is 1.60. The van der Waals surface area contributed by atoms with Gasteiger partial charge in [-0.1, -0.05) is 37.6 Å². The molecule has 0 radical (unpaired) electrons. The zero-order valence-electron chi connectivity index (χ0n) is 12.9. The normalized spacial score (nSPS) is 10.8. The van der Waals surface area contributed by atoms with E-state index >= 15 is 0 Å². The van der Waals surface area contributed by atoms with E-state index < -0.39 is 0 Å². The molecule has 0 spiro atoms. The van der Waals surface area contributed by atoms with Crippen LogP contribution in [0.5, 0.6) is 0 Å². The van der Waals surface area contributed by atoms with Crippen molar-refractivity contribution in [3.8, 4) is 0 Å². The molecule has 1 aromatic carbocycles. The largest absolute Gasteiger partial charge is 0.373 e. The molecule has 0 saturated heterocycles. The van der Waals surface area contributed by atoms with Gasteiger partial charge in [0, 0.05) is 31.2 Å². The molecule has 2 aromatic rings. The predicted octanol–water partition coefficient (Wildman–Crippen LogP) is 3.93. The minimum absolute atomic E-state index is 0.344. The van der Waals surface area contributed by atoms with E-state index in [1.807, 2.05) is 38.4 Å². The van der Waals surface area contributed by atoms with E-state index in [1.54, 1.807) is 6.33 Å². The number of nitrogens with one attached hydrogen (secondary N) is 1. The van der Waals surface area contributed by atoms with Crippen LogP contribution in [-0.2, 0) is 6.54 Å². The molecular weight excluding hydrogens is 284 g/mol. The van der Waals surface area contributed by atoms with Crippen LogP contribution in [0.4, 0.5) is 11.6 Å². The lowest BCUT2D eigenvalue weighted by Gasteiger charge is -2.24. The summed E-state index contributed by atoms with van der Waals surface area (Å²) in [6.45, 7) is 5.08. The monoisotopic (exact) mass is 304 g/mol. The van der Waals surface area contributed by atoms with Crippen LogP contribution >= 0.6 is 11.6 Å². The van der Waals surface area contributed by atoms with Crippen LogP contribution in [0.25, 0.3) is 0 Å². The molecule has 0 aliphatic rings. The maximum atomic E-state index is 5.93. The molecule has 1 aromatic heterocycles. The van der Waals surface area contributed by atoms with E-state index in [-0.39, 0.29) is 0 Å². The summed E-state index contributed by atoms with van der Waals surface area (Å²) in [7, 11) is 3.93. The molecular formula is C16H21ClN4. The number of anilines is 2. The van der Waals surface area contributed by atoms with Crippen molar-refractivity contribution >= 4 is 23.2 Å². The Kier molecular flexibility index (Phi) is 5.02. The second kappa shape index (κ2) is 6.76. The Balaban J connectivity index is 2.30. The van der Waals surface area contributed by atoms with Gasteiger partial charge in [0.2, 0.25) is 0 Å². The van der Waals surface area contributed by atoms with Gasteiger partial charge in [-0.2, -0.15) is 0 Å². The molecule has 0 atom stereocenters. The first-order chi connectivity index (χ1) is 10.0. The molecule has 21 heavy (non-hydrogen) atoms. The molecule has 0 bridgehead atoms. The van der Waals surface area contributed by atoms with Gasteiger partial charge < -0.3 is 10.2 Å². The zero-order chi connectivity index (χ0) is 15.4. The fraction of sp³-hybridized carbons (Fsp3) is 0.375. The van der Waals surface area contributed by atoms with E-state index in [0.717, 1.165) is 28.8 Å². The van der Waals surface area contributed by atoms with E-state index in [1.165, 1.54) is 5.56 Å². The number of aromatic nitrogens is 2. The van der Waals surface area contributed by atoms with Crippen molar-refractivity contribution in [3.05, 3.63) is 46.7 Å². The SMILES string of the molecule is CNc1ncnc(N(C)Cc2ccc(Cl)cc2)c1C(C)C. The van der Waals surface area contributed by atoms with Crippen molar-refractivity contribution in [1.82, 2.24) is 9.97 Å². The number of halogens is 1. The fourth-order valence-corrected chi connectivity index (χ4v) is 2.49. The summed E-state index contributed by atoms with van der Waals surface area (Å²) < 4.78 is 0. The van der Waals surface area contributed by atoms with Gasteiger partial charge in [-0.3, -0.25) is 0 Å². The molecule has 1 heterocycles. The lowest BCUT2D eigenvalue weighted by molar-refractivity contribution is 0.810. The van der Waals surface area contributed by atoms with Gasteiger partial charge in [0.15, 0.2) is 0 Å². The number of hydrogen-bond donors (Lipinski definition) is 1. The summed E-state index contributed by atoms with van der Waals surface area (Å²) in [6, 6.07) is 7.89. The third-order valence-corrected chi connectivity index (χ3v) is 3.62. The maximum Gasteiger partial charge on any atom is 0.137 e. The van der Waals surface area contributed by atoms with Gasteiger partial charge in [0.05, 0.1) is 0 Å². The fourth-order valence-electron chi connectivity index (χ4n) is 2.36. The highest BCUT2D eigenvalue weighted by molar-refractivity contribution is 6.30. The molecule has 2 rings (SSSR count). The molecule has 0 unspecified atom stereocenters. The van der Waals surface area contributed by atoms with E-state index in [2.05, 4.69) is 34.0 Å². The molecule has 4 nitrogen and oxygen atoms in total. The Morgan fingerprint density at radius 1 is 1.19 bits per heavy atom. The minimum Gasteiger partial charge on any atom is -0.373 e. The second-order valence-electron chi connectivity index (χ2n) is 5.35. The van der Waals surface area contributed by atoms with Crippen LogP contribution in [0.15, 0.2) is 30.6 Å². The molecule has 0 aliphatic heterocycles. The Hall–Kier alpha value is -1.81. The van der Waals surface area contributed by atoms with Crippen molar-refractivity contribution in [3.63, 3.8) is 0 Å². The van der Waals surface area contributed by atoms with Crippen LogP contribution in [0.3, 0.4) is 0 Å². The van der Waals surface area contributed by atoms with Crippen LogP contribution in [0.2, 0.25) is 5.02 Å². The average Bonchev–Trinajstić information content (AvgIpc) is 2.48. The first kappa shape index (κ1) is 15.6. The van der Waals surface area contributed by atoms with Gasteiger partial charge in [0.1, 0.15) is 18.0 Å². The number of benzene rings is 1. The third-order valence-electron chi connectivity index (χ3n) is 3.37. The van der Waals surface area contributed by atoms with Crippen LogP contribution in [-0.4, -0.2) is 24.1 Å². The highest BCUT2D eigenvalue weighted by atomic mass is 35.5. The molecule has 0 amide bonds. The van der Waals surface area contributed by atoms with Gasteiger partial charge >= 0.3 is 0 Å². The Morgan fingerprint density at radius 3 is 2.43 bits per heavy atom. The smallest absolute Gasteiger partial charge is 0.137 e. The molecule has 0 aliphatic carbocycles. The number of hydrogen-bond acceptors (Lipinski definition) is 4. The van der Waals surface area contributed by atoms with Crippen molar-refractivity contribution < 1.29 is 0 Å². The Labute approximate surface area is 131 Å². The van der Waals surface area contributed by atoms with Crippen molar-refractivity contribution in [1.29, 1.82) is 0 Å². The lowest BCUT2D eigenvalue weighted by atomic mass is 10.0. The highest BCUT2D eigenvalue weighted by Gasteiger charge is 2.17. The third kappa shape index (κ3) is 3.64. The molecule has 0 fully saturated rings. The van der Waals surface area contributed by atoms with Gasteiger partial charge in [0.25, 0.3) is 0 Å². The van der Waals surface area contributed by atoms with Crippen molar-refractivity contribution in [2.45, 2.75) is 26.3 Å². The van der Waals surface area contributed by atoms with Gasteiger partial charge in [-0.15, -0.1) is 0 Å². The van der Waals surface area contributed by atoms with E-state index in [4.69, 9.17) is 11.6 Å². The quantitative estimate of drug-likeness (QED) is 0.908. The molecule has 0 saturated carbocycles. The maximum absolute atomic E-state index is 5.93. The van der Waals surface area contributed by atoms with Gasteiger partial charge in [-0.25, -0.2) is 9.97 Å². The average molecular weight is 305 g/mol. The van der Waals surface area contributed by atoms with E-state index in [9.17, 15) is 0 Å². The summed E-state index contributed by atoms with van der Waals surface area (Å²) >= 11 is 5.93. The number of nitrogens with zero attached hydrogens (tertiary/aromatic N) is 3. The van der Waals surface area contributed by atoms with Crippen LogP contribution in [0.1, 0.15) is 30.9 Å². The lowest BCUT2D eigenvalue weighted by Crippen LogP contribution is -2.21. The second-order valence-corrected chi connectivity index (χ2v) is 5.78. The Morgan fingerprint density at radius 2 is 1.86 bits per heavy atom. The highest BCUT2D eigenvalue weighted by Crippen LogP contribution is 2.30. The minimum atomic E-state index is 0.344. The molecule has 5 heteroatoms. The van der Waals surface area contributed by atoms with Crippen LogP contribution in [0, 0.1) is 0 Å². The first-order valence-corrected chi connectivity index (χ1v) is 7.39. The molecule has 1 N–H and O–H groups in total. The topological polar surface area (TPSA) is 41.1 Å².